The standard InChI is InChI=1S/C32H31N3O3/c1-22-12-17-28(38-2)20-30(22)35-21-25(19-31(35)36)32(37)34-27-15-13-26(14-16-27)33-29-11-7-6-10-24(29)18-23-8-4-3-5-9-23/h3-17,20,25,33H,18-19,21H2,1-2H3,(H,34,37). The largest absolute Gasteiger partial charge is 0.497 e. The molecule has 0 spiro atoms. The molecule has 0 saturated carbocycles. The number of ether oxygens (including phenoxy) is 1. The average molecular weight is 506 g/mol. The van der Waals surface area contributed by atoms with Gasteiger partial charge in [0.15, 0.2) is 0 Å². The molecule has 1 atom stereocenters. The van der Waals surface area contributed by atoms with Crippen LogP contribution in [-0.4, -0.2) is 25.5 Å². The molecule has 38 heavy (non-hydrogen) atoms. The molecule has 192 valence electrons. The van der Waals surface area contributed by atoms with E-state index in [0.29, 0.717) is 18.0 Å². The van der Waals surface area contributed by atoms with Gasteiger partial charge >= 0.3 is 0 Å². The number of hydrogen-bond donors (Lipinski definition) is 2. The maximum absolute atomic E-state index is 13.0. The second-order valence-electron chi connectivity index (χ2n) is 9.57. The van der Waals surface area contributed by atoms with Gasteiger partial charge in [-0.15, -0.1) is 0 Å². The minimum Gasteiger partial charge on any atom is -0.497 e. The molecule has 1 unspecified atom stereocenters. The fourth-order valence-corrected chi connectivity index (χ4v) is 4.77. The van der Waals surface area contributed by atoms with Crippen LogP contribution in [0, 0.1) is 12.8 Å². The quantitative estimate of drug-likeness (QED) is 0.294. The third-order valence-corrected chi connectivity index (χ3v) is 6.89. The normalized spacial score (nSPS) is 14.8. The average Bonchev–Trinajstić information content (AvgIpc) is 3.33. The molecule has 5 rings (SSSR count). The second kappa shape index (κ2) is 11.2. The summed E-state index contributed by atoms with van der Waals surface area (Å²) in [5, 5.41) is 6.48. The number of hydrogen-bond acceptors (Lipinski definition) is 4. The highest BCUT2D eigenvalue weighted by atomic mass is 16.5. The zero-order valence-corrected chi connectivity index (χ0v) is 21.6. The highest BCUT2D eigenvalue weighted by molar-refractivity contribution is 6.04. The molecule has 6 nitrogen and oxygen atoms in total. The molecular weight excluding hydrogens is 474 g/mol. The van der Waals surface area contributed by atoms with Crippen molar-refractivity contribution >= 4 is 34.6 Å². The van der Waals surface area contributed by atoms with Crippen molar-refractivity contribution in [3.63, 3.8) is 0 Å². The summed E-state index contributed by atoms with van der Waals surface area (Å²) in [6, 6.07) is 31.9. The van der Waals surface area contributed by atoms with Crippen molar-refractivity contribution in [2.75, 3.05) is 29.2 Å². The minimum atomic E-state index is -0.421. The third-order valence-electron chi connectivity index (χ3n) is 6.89. The van der Waals surface area contributed by atoms with Crippen LogP contribution in [0.5, 0.6) is 5.75 Å². The Morgan fingerprint density at radius 2 is 1.63 bits per heavy atom. The molecule has 1 heterocycles. The van der Waals surface area contributed by atoms with Gasteiger partial charge in [-0.1, -0.05) is 54.6 Å². The van der Waals surface area contributed by atoms with Crippen molar-refractivity contribution in [1.29, 1.82) is 0 Å². The molecule has 0 radical (unpaired) electrons. The van der Waals surface area contributed by atoms with E-state index in [0.717, 1.165) is 29.0 Å². The van der Waals surface area contributed by atoms with Crippen LogP contribution in [-0.2, 0) is 16.0 Å². The Kier molecular flexibility index (Phi) is 7.40. The van der Waals surface area contributed by atoms with Crippen LogP contribution in [0.3, 0.4) is 0 Å². The van der Waals surface area contributed by atoms with Crippen LogP contribution in [0.1, 0.15) is 23.1 Å². The van der Waals surface area contributed by atoms with E-state index < -0.39 is 5.92 Å². The first-order chi connectivity index (χ1) is 18.5. The van der Waals surface area contributed by atoms with Gasteiger partial charge in [0.1, 0.15) is 5.75 Å². The Labute approximate surface area is 223 Å². The zero-order chi connectivity index (χ0) is 26.5. The van der Waals surface area contributed by atoms with Crippen LogP contribution < -0.4 is 20.3 Å². The van der Waals surface area contributed by atoms with E-state index in [1.165, 1.54) is 11.1 Å². The van der Waals surface area contributed by atoms with Gasteiger partial charge in [0, 0.05) is 36.1 Å². The van der Waals surface area contributed by atoms with Crippen molar-refractivity contribution < 1.29 is 14.3 Å². The highest BCUT2D eigenvalue weighted by Gasteiger charge is 2.35. The number of rotatable bonds is 8. The summed E-state index contributed by atoms with van der Waals surface area (Å²) in [6.45, 7) is 2.29. The molecule has 2 amide bonds. The number of carbonyl (C=O) groups is 2. The lowest BCUT2D eigenvalue weighted by molar-refractivity contribution is -0.122. The number of anilines is 4. The Balaban J connectivity index is 1.22. The summed E-state index contributed by atoms with van der Waals surface area (Å²) in [5.74, 6) is 0.0454. The first-order valence-corrected chi connectivity index (χ1v) is 12.7. The number of methoxy groups -OCH3 is 1. The van der Waals surface area contributed by atoms with E-state index in [4.69, 9.17) is 4.74 Å². The fraction of sp³-hybridized carbons (Fsp3) is 0.188. The van der Waals surface area contributed by atoms with Gasteiger partial charge in [-0.25, -0.2) is 0 Å². The first kappa shape index (κ1) is 25.1. The van der Waals surface area contributed by atoms with Crippen molar-refractivity contribution in [2.45, 2.75) is 19.8 Å². The number of benzene rings is 4. The van der Waals surface area contributed by atoms with Gasteiger partial charge in [0.05, 0.1) is 18.7 Å². The second-order valence-corrected chi connectivity index (χ2v) is 9.57. The molecule has 0 bridgehead atoms. The summed E-state index contributed by atoms with van der Waals surface area (Å²) < 4.78 is 5.32. The number of nitrogens with zero attached hydrogens (tertiary/aromatic N) is 1. The van der Waals surface area contributed by atoms with Crippen molar-refractivity contribution in [1.82, 2.24) is 0 Å². The molecule has 1 aliphatic rings. The Bertz CT molecular complexity index is 1430. The molecule has 1 aliphatic heterocycles. The Morgan fingerprint density at radius 1 is 0.921 bits per heavy atom. The summed E-state index contributed by atoms with van der Waals surface area (Å²) in [4.78, 5) is 27.4. The lowest BCUT2D eigenvalue weighted by atomic mass is 10.0. The van der Waals surface area contributed by atoms with E-state index in [1.807, 2.05) is 67.6 Å². The molecule has 2 N–H and O–H groups in total. The SMILES string of the molecule is COc1ccc(C)c(N2CC(C(=O)Nc3ccc(Nc4ccccc4Cc4ccccc4)cc3)CC2=O)c1. The first-order valence-electron chi connectivity index (χ1n) is 12.7. The van der Waals surface area contributed by atoms with Gasteiger partial charge in [-0.05, 0) is 66.4 Å². The number of para-hydroxylation sites is 1. The molecule has 1 fully saturated rings. The number of amides is 2. The molecule has 0 aromatic heterocycles. The van der Waals surface area contributed by atoms with Crippen LogP contribution in [0.25, 0.3) is 0 Å². The van der Waals surface area contributed by atoms with Gasteiger partial charge in [0.25, 0.3) is 0 Å². The predicted molar refractivity (Wildman–Crippen MR) is 152 cm³/mol. The van der Waals surface area contributed by atoms with Crippen molar-refractivity contribution in [3.05, 3.63) is 114 Å². The smallest absolute Gasteiger partial charge is 0.229 e. The van der Waals surface area contributed by atoms with Crippen LogP contribution in [0.4, 0.5) is 22.7 Å². The number of aryl methyl sites for hydroxylation is 1. The van der Waals surface area contributed by atoms with Gasteiger partial charge in [0.2, 0.25) is 11.8 Å². The molecular formula is C32H31N3O3. The van der Waals surface area contributed by atoms with Crippen LogP contribution in [0.2, 0.25) is 0 Å². The minimum absolute atomic E-state index is 0.0600. The van der Waals surface area contributed by atoms with E-state index >= 15 is 0 Å². The predicted octanol–water partition coefficient (Wildman–Crippen LogP) is 6.33. The Morgan fingerprint density at radius 3 is 2.39 bits per heavy atom. The van der Waals surface area contributed by atoms with Crippen molar-refractivity contribution in [2.24, 2.45) is 5.92 Å². The fourth-order valence-electron chi connectivity index (χ4n) is 4.77. The topological polar surface area (TPSA) is 70.7 Å². The summed E-state index contributed by atoms with van der Waals surface area (Å²) in [7, 11) is 1.60. The Hall–Kier alpha value is -4.58. The lowest BCUT2D eigenvalue weighted by Gasteiger charge is -2.20. The highest BCUT2D eigenvalue weighted by Crippen LogP contribution is 2.32. The zero-order valence-electron chi connectivity index (χ0n) is 21.6. The monoisotopic (exact) mass is 505 g/mol. The third kappa shape index (κ3) is 5.70. The summed E-state index contributed by atoms with van der Waals surface area (Å²) in [6.07, 6.45) is 1.02. The van der Waals surface area contributed by atoms with Gasteiger partial charge in [-0.3, -0.25) is 9.59 Å². The van der Waals surface area contributed by atoms with E-state index in [1.54, 1.807) is 12.0 Å². The van der Waals surface area contributed by atoms with E-state index in [-0.39, 0.29) is 18.2 Å². The van der Waals surface area contributed by atoms with Crippen LogP contribution in [0.15, 0.2) is 97.1 Å². The van der Waals surface area contributed by atoms with E-state index in [9.17, 15) is 9.59 Å². The maximum atomic E-state index is 13.0. The van der Waals surface area contributed by atoms with Gasteiger partial charge < -0.3 is 20.3 Å². The maximum Gasteiger partial charge on any atom is 0.229 e. The molecule has 4 aromatic rings. The molecule has 1 saturated heterocycles. The van der Waals surface area contributed by atoms with Crippen molar-refractivity contribution in [3.8, 4) is 5.75 Å². The number of carbonyl (C=O) groups excluding carboxylic acids is 2. The molecule has 0 aliphatic carbocycles. The number of nitrogens with one attached hydrogen (secondary N) is 2. The van der Waals surface area contributed by atoms with Crippen LogP contribution >= 0.6 is 0 Å². The van der Waals surface area contributed by atoms with Gasteiger partial charge in [-0.2, -0.15) is 0 Å². The summed E-state index contributed by atoms with van der Waals surface area (Å²) in [5.41, 5.74) is 6.88. The van der Waals surface area contributed by atoms with E-state index in [2.05, 4.69) is 47.0 Å². The lowest BCUT2D eigenvalue weighted by Crippen LogP contribution is -2.28. The molecule has 4 aromatic carbocycles. The summed E-state index contributed by atoms with van der Waals surface area (Å²) >= 11 is 0. The molecule has 6 heteroatoms.